The number of anilines is 2. The summed E-state index contributed by atoms with van der Waals surface area (Å²) in [5, 5.41) is 4.05. The summed E-state index contributed by atoms with van der Waals surface area (Å²) in [6.45, 7) is 5.17. The molecular weight excluding hydrogens is 359 g/mol. The van der Waals surface area contributed by atoms with Crippen LogP contribution < -0.4 is 9.80 Å². The summed E-state index contributed by atoms with van der Waals surface area (Å²) in [6.07, 6.45) is 0.840. The van der Waals surface area contributed by atoms with E-state index in [9.17, 15) is 9.18 Å². The number of fused-ring (bicyclic) bond motifs is 1. The van der Waals surface area contributed by atoms with Crippen LogP contribution in [0.25, 0.3) is 11.4 Å². The largest absolute Gasteiger partial charge is 0.360 e. The van der Waals surface area contributed by atoms with Crippen LogP contribution in [0.3, 0.4) is 0 Å². The molecular formula is C21H21FN4O2. The molecule has 1 aromatic heterocycles. The predicted molar refractivity (Wildman–Crippen MR) is 105 cm³/mol. The first kappa shape index (κ1) is 18.2. The van der Waals surface area contributed by atoms with E-state index >= 15 is 0 Å². The van der Waals surface area contributed by atoms with Gasteiger partial charge in [-0.2, -0.15) is 4.98 Å². The van der Waals surface area contributed by atoms with Crippen LogP contribution >= 0.6 is 0 Å². The number of halogens is 1. The molecule has 0 spiro atoms. The van der Waals surface area contributed by atoms with E-state index in [-0.39, 0.29) is 11.7 Å². The number of hydrogen-bond donors (Lipinski definition) is 0. The molecule has 7 heteroatoms. The molecule has 0 atom stereocenters. The Morgan fingerprint density at radius 1 is 1.18 bits per heavy atom. The van der Waals surface area contributed by atoms with Crippen LogP contribution in [-0.2, 0) is 11.3 Å². The molecule has 0 fully saturated rings. The SMILES string of the molecule is CC(=O)N1CCCN(Cc2nc(-c3ccc(F)c(C)c3)no2)c2ccccc21. The minimum absolute atomic E-state index is 0.0288. The summed E-state index contributed by atoms with van der Waals surface area (Å²) < 4.78 is 18.9. The monoisotopic (exact) mass is 380 g/mol. The zero-order valence-electron chi connectivity index (χ0n) is 15.9. The van der Waals surface area contributed by atoms with Gasteiger partial charge in [0.25, 0.3) is 0 Å². The average Bonchev–Trinajstić information content (AvgIpc) is 3.06. The molecule has 1 aliphatic rings. The Morgan fingerprint density at radius 2 is 1.96 bits per heavy atom. The molecule has 3 aromatic rings. The Bertz CT molecular complexity index is 1020. The Kier molecular flexibility index (Phi) is 4.81. The Balaban J connectivity index is 1.60. The lowest BCUT2D eigenvalue weighted by Crippen LogP contribution is -2.28. The lowest BCUT2D eigenvalue weighted by atomic mass is 10.1. The second-order valence-electron chi connectivity index (χ2n) is 6.91. The number of hydrogen-bond acceptors (Lipinski definition) is 5. The fraction of sp³-hybridized carbons (Fsp3) is 0.286. The van der Waals surface area contributed by atoms with Crippen molar-refractivity contribution < 1.29 is 13.7 Å². The highest BCUT2D eigenvalue weighted by Crippen LogP contribution is 2.33. The van der Waals surface area contributed by atoms with E-state index in [1.165, 1.54) is 6.07 Å². The van der Waals surface area contributed by atoms with E-state index in [0.717, 1.165) is 24.3 Å². The predicted octanol–water partition coefficient (Wildman–Crippen LogP) is 3.95. The van der Waals surface area contributed by atoms with Gasteiger partial charge in [-0.3, -0.25) is 4.79 Å². The van der Waals surface area contributed by atoms with Crippen LogP contribution in [0.4, 0.5) is 15.8 Å². The third-order valence-electron chi connectivity index (χ3n) is 4.91. The number of aromatic nitrogens is 2. The zero-order chi connectivity index (χ0) is 19.7. The molecule has 0 radical (unpaired) electrons. The molecule has 0 unspecified atom stereocenters. The molecule has 28 heavy (non-hydrogen) atoms. The van der Waals surface area contributed by atoms with Crippen LogP contribution in [0.1, 0.15) is 24.8 Å². The first-order chi connectivity index (χ1) is 13.5. The van der Waals surface area contributed by atoms with E-state index in [4.69, 9.17) is 4.52 Å². The maximum absolute atomic E-state index is 13.5. The van der Waals surface area contributed by atoms with E-state index in [0.29, 0.717) is 35.9 Å². The minimum Gasteiger partial charge on any atom is -0.360 e. The van der Waals surface area contributed by atoms with Crippen molar-refractivity contribution in [2.75, 3.05) is 22.9 Å². The third kappa shape index (κ3) is 3.47. The summed E-state index contributed by atoms with van der Waals surface area (Å²) in [5.74, 6) is 0.680. The summed E-state index contributed by atoms with van der Waals surface area (Å²) >= 11 is 0. The Hall–Kier alpha value is -3.22. The lowest BCUT2D eigenvalue weighted by molar-refractivity contribution is -0.116. The fourth-order valence-electron chi connectivity index (χ4n) is 3.50. The van der Waals surface area contributed by atoms with Crippen molar-refractivity contribution in [1.82, 2.24) is 10.1 Å². The quantitative estimate of drug-likeness (QED) is 0.689. The minimum atomic E-state index is -0.260. The topological polar surface area (TPSA) is 62.5 Å². The van der Waals surface area contributed by atoms with Crippen LogP contribution in [0.2, 0.25) is 0 Å². The third-order valence-corrected chi connectivity index (χ3v) is 4.91. The van der Waals surface area contributed by atoms with Crippen molar-refractivity contribution >= 4 is 17.3 Å². The molecule has 1 amide bonds. The van der Waals surface area contributed by atoms with Gasteiger partial charge in [0.15, 0.2) is 0 Å². The number of carbonyl (C=O) groups excluding carboxylic acids is 1. The van der Waals surface area contributed by atoms with Gasteiger partial charge in [-0.1, -0.05) is 17.3 Å². The van der Waals surface area contributed by atoms with Crippen molar-refractivity contribution in [3.8, 4) is 11.4 Å². The first-order valence-corrected chi connectivity index (χ1v) is 9.24. The summed E-state index contributed by atoms with van der Waals surface area (Å²) in [7, 11) is 0. The number of amides is 1. The number of nitrogens with zero attached hydrogens (tertiary/aromatic N) is 4. The second kappa shape index (κ2) is 7.42. The van der Waals surface area contributed by atoms with Gasteiger partial charge in [0, 0.05) is 25.6 Å². The summed E-state index contributed by atoms with van der Waals surface area (Å²) in [5.41, 5.74) is 3.11. The van der Waals surface area contributed by atoms with Crippen molar-refractivity contribution in [1.29, 1.82) is 0 Å². The molecule has 4 rings (SSSR count). The maximum atomic E-state index is 13.5. The molecule has 0 N–H and O–H groups in total. The number of aryl methyl sites for hydroxylation is 1. The maximum Gasteiger partial charge on any atom is 0.246 e. The zero-order valence-corrected chi connectivity index (χ0v) is 15.9. The van der Waals surface area contributed by atoms with Gasteiger partial charge in [0.1, 0.15) is 5.82 Å². The van der Waals surface area contributed by atoms with Crippen molar-refractivity contribution in [2.45, 2.75) is 26.8 Å². The molecule has 0 saturated heterocycles. The normalized spacial score (nSPS) is 14.0. The Morgan fingerprint density at radius 3 is 2.71 bits per heavy atom. The van der Waals surface area contributed by atoms with Gasteiger partial charge in [-0.25, -0.2) is 4.39 Å². The molecule has 0 bridgehead atoms. The van der Waals surface area contributed by atoms with Crippen molar-refractivity contribution in [3.63, 3.8) is 0 Å². The number of para-hydroxylation sites is 2. The van der Waals surface area contributed by atoms with Crippen LogP contribution in [-0.4, -0.2) is 29.1 Å². The molecule has 144 valence electrons. The highest BCUT2D eigenvalue weighted by atomic mass is 19.1. The summed E-state index contributed by atoms with van der Waals surface area (Å²) in [6, 6.07) is 12.6. The highest BCUT2D eigenvalue weighted by Gasteiger charge is 2.24. The lowest BCUT2D eigenvalue weighted by Gasteiger charge is -2.25. The van der Waals surface area contributed by atoms with Gasteiger partial charge in [0.2, 0.25) is 17.6 Å². The van der Waals surface area contributed by atoms with Gasteiger partial charge in [0.05, 0.1) is 17.9 Å². The van der Waals surface area contributed by atoms with Gasteiger partial charge >= 0.3 is 0 Å². The molecule has 2 aromatic carbocycles. The number of benzene rings is 2. The van der Waals surface area contributed by atoms with Crippen LogP contribution in [0.15, 0.2) is 47.0 Å². The second-order valence-corrected chi connectivity index (χ2v) is 6.91. The van der Waals surface area contributed by atoms with Crippen LogP contribution in [0, 0.1) is 12.7 Å². The van der Waals surface area contributed by atoms with Crippen molar-refractivity contribution in [2.24, 2.45) is 0 Å². The number of rotatable bonds is 3. The standard InChI is InChI=1S/C21H21FN4O2/c1-14-12-16(8-9-17(14)22)21-23-20(28-24-21)13-25-10-5-11-26(15(2)27)19-7-4-3-6-18(19)25/h3-4,6-9,12H,5,10-11,13H2,1-2H3. The summed E-state index contributed by atoms with van der Waals surface area (Å²) in [4.78, 5) is 20.5. The van der Waals surface area contributed by atoms with E-state index in [2.05, 4.69) is 15.0 Å². The van der Waals surface area contributed by atoms with E-state index in [1.54, 1.807) is 30.9 Å². The average molecular weight is 380 g/mol. The van der Waals surface area contributed by atoms with Gasteiger partial charge in [-0.05, 0) is 49.2 Å². The number of carbonyl (C=O) groups is 1. The first-order valence-electron chi connectivity index (χ1n) is 9.24. The fourth-order valence-corrected chi connectivity index (χ4v) is 3.50. The van der Waals surface area contributed by atoms with Crippen molar-refractivity contribution in [3.05, 3.63) is 59.7 Å². The molecule has 1 aliphatic heterocycles. The Labute approximate surface area is 162 Å². The molecule has 0 saturated carbocycles. The smallest absolute Gasteiger partial charge is 0.246 e. The highest BCUT2D eigenvalue weighted by molar-refractivity contribution is 5.95. The van der Waals surface area contributed by atoms with Gasteiger partial charge in [-0.15, -0.1) is 0 Å². The van der Waals surface area contributed by atoms with Crippen LogP contribution in [0.5, 0.6) is 0 Å². The molecule has 2 heterocycles. The van der Waals surface area contributed by atoms with E-state index in [1.807, 2.05) is 24.3 Å². The van der Waals surface area contributed by atoms with Gasteiger partial charge < -0.3 is 14.3 Å². The molecule has 0 aliphatic carbocycles. The van der Waals surface area contributed by atoms with E-state index < -0.39 is 0 Å². The molecule has 6 nitrogen and oxygen atoms in total.